The number of likely N-dealkylation sites (N-methyl/N-ethyl adjacent to an activating group) is 1. The second kappa shape index (κ2) is 23.6. The van der Waals surface area contributed by atoms with E-state index in [1.165, 1.54) is 5.56 Å². The highest BCUT2D eigenvalue weighted by Crippen LogP contribution is 2.26. The van der Waals surface area contributed by atoms with Crippen molar-refractivity contribution in [2.45, 2.75) is 51.5 Å². The smallest absolute Gasteiger partial charge is 0.167 e. The molecule has 292 valence electrons. The van der Waals surface area contributed by atoms with Crippen molar-refractivity contribution in [1.29, 1.82) is 0 Å². The largest absolute Gasteiger partial charge is 0.300 e. The topological polar surface area (TPSA) is 54.5 Å². The number of nitrogens with zero attached hydrogens (tertiary/aromatic N) is 1. The van der Waals surface area contributed by atoms with Crippen LogP contribution < -0.4 is 0 Å². The van der Waals surface area contributed by atoms with Crippen molar-refractivity contribution in [1.82, 2.24) is 4.90 Å². The van der Waals surface area contributed by atoms with Gasteiger partial charge in [-0.05, 0) is 91.4 Å². The highest BCUT2D eigenvalue weighted by atomic mass is 35.5. The molecule has 57 heavy (non-hydrogen) atoms. The molecule has 0 aliphatic rings. The number of hydrogen-bond donors (Lipinski definition) is 0. The van der Waals surface area contributed by atoms with E-state index in [1.54, 1.807) is 13.8 Å². The van der Waals surface area contributed by atoms with Gasteiger partial charge in [0.2, 0.25) is 0 Å². The van der Waals surface area contributed by atoms with Gasteiger partial charge in [0.15, 0.2) is 5.78 Å². The number of carbonyl (C=O) groups is 3. The van der Waals surface area contributed by atoms with Gasteiger partial charge >= 0.3 is 0 Å². The fourth-order valence-electron chi connectivity index (χ4n) is 6.43. The third-order valence-corrected chi connectivity index (χ3v) is 9.82. The number of halogens is 2. The SMILES string of the molecule is C=C(CN(C)Cc1ccccc1)C(=O)C(Cc1ccc(Cl)cc1)c1ccccc1.CC(=O)C(Cc1ccc(Cl)cc1)c1ccccc1.CC(=O)Cc1ccccc1. The third-order valence-electron chi connectivity index (χ3n) is 9.32. The highest BCUT2D eigenvalue weighted by molar-refractivity contribution is 6.30. The Balaban J connectivity index is 0.000000217. The Morgan fingerprint density at radius 1 is 0.526 bits per heavy atom. The maximum Gasteiger partial charge on any atom is 0.167 e. The van der Waals surface area contributed by atoms with Crippen molar-refractivity contribution in [3.8, 4) is 0 Å². The Morgan fingerprint density at radius 3 is 1.33 bits per heavy atom. The first kappa shape index (κ1) is 44.3. The molecule has 0 aromatic heterocycles. The van der Waals surface area contributed by atoms with E-state index >= 15 is 0 Å². The van der Waals surface area contributed by atoms with Crippen molar-refractivity contribution in [2.24, 2.45) is 0 Å². The van der Waals surface area contributed by atoms with Gasteiger partial charge in [0.1, 0.15) is 11.6 Å². The number of rotatable bonds is 15. The Labute approximate surface area is 348 Å². The Kier molecular flexibility index (Phi) is 18.4. The van der Waals surface area contributed by atoms with E-state index in [4.69, 9.17) is 23.2 Å². The first-order valence-electron chi connectivity index (χ1n) is 19.1. The molecule has 6 rings (SSSR count). The van der Waals surface area contributed by atoms with Crippen molar-refractivity contribution in [2.75, 3.05) is 13.6 Å². The van der Waals surface area contributed by atoms with E-state index in [0.717, 1.165) is 45.8 Å². The van der Waals surface area contributed by atoms with Crippen LogP contribution in [0.2, 0.25) is 10.0 Å². The van der Waals surface area contributed by atoms with Crippen molar-refractivity contribution in [3.63, 3.8) is 0 Å². The molecule has 0 aliphatic carbocycles. The summed E-state index contributed by atoms with van der Waals surface area (Å²) in [6, 6.07) is 55.2. The van der Waals surface area contributed by atoms with Gasteiger partial charge in [-0.1, -0.05) is 175 Å². The van der Waals surface area contributed by atoms with Gasteiger partial charge in [-0.25, -0.2) is 0 Å². The minimum absolute atomic E-state index is 0.0765. The van der Waals surface area contributed by atoms with E-state index in [9.17, 15) is 14.4 Å². The number of hydrogen-bond acceptors (Lipinski definition) is 4. The van der Waals surface area contributed by atoms with Crippen LogP contribution in [0.3, 0.4) is 0 Å². The van der Waals surface area contributed by atoms with E-state index < -0.39 is 0 Å². The standard InChI is InChI=1S/C26H26ClNO.C16H15ClO.C9H10O/c1-20(18-28(2)19-22-9-5-3-6-10-22)26(29)25(23-11-7-4-8-12-23)17-21-13-15-24(27)16-14-21;1-12(18)16(14-5-3-2-4-6-14)11-13-7-9-15(17)10-8-13;1-8(10)7-9-5-3-2-4-6-9/h3-16,25H,1,17-19H2,2H3;2-10,16H,11H2,1H3;2-6H,7H2,1H3. The molecule has 0 saturated carbocycles. The summed E-state index contributed by atoms with van der Waals surface area (Å²) in [5.41, 5.74) is 7.24. The summed E-state index contributed by atoms with van der Waals surface area (Å²) in [4.78, 5) is 37.9. The lowest BCUT2D eigenvalue weighted by atomic mass is 9.85. The lowest BCUT2D eigenvalue weighted by molar-refractivity contribution is -0.118. The van der Waals surface area contributed by atoms with Crippen LogP contribution in [0.4, 0.5) is 0 Å². The molecule has 6 aromatic carbocycles. The van der Waals surface area contributed by atoms with Gasteiger partial charge < -0.3 is 0 Å². The van der Waals surface area contributed by atoms with Crippen LogP contribution in [0.15, 0.2) is 182 Å². The molecule has 0 fully saturated rings. The van der Waals surface area contributed by atoms with E-state index in [1.807, 2.05) is 165 Å². The molecular formula is C51H51Cl2NO3. The molecule has 2 unspecified atom stereocenters. The van der Waals surface area contributed by atoms with Crippen LogP contribution in [-0.2, 0) is 40.2 Å². The second-order valence-corrected chi connectivity index (χ2v) is 15.1. The number of benzene rings is 6. The molecule has 6 heteroatoms. The first-order valence-corrected chi connectivity index (χ1v) is 19.8. The van der Waals surface area contributed by atoms with Gasteiger partial charge in [-0.2, -0.15) is 0 Å². The molecular weight excluding hydrogens is 745 g/mol. The van der Waals surface area contributed by atoms with Gasteiger partial charge in [0.25, 0.3) is 0 Å². The minimum atomic E-state index is -0.255. The zero-order chi connectivity index (χ0) is 41.0. The Hall–Kier alpha value is -5.39. The Bertz CT molecular complexity index is 2120. The summed E-state index contributed by atoms with van der Waals surface area (Å²) in [7, 11) is 2.02. The molecule has 0 spiro atoms. The number of Topliss-reactive ketones (excluding diaryl/α,β-unsaturated/α-hetero) is 3. The van der Waals surface area contributed by atoms with Crippen LogP contribution >= 0.6 is 23.2 Å². The van der Waals surface area contributed by atoms with E-state index in [-0.39, 0.29) is 29.2 Å². The van der Waals surface area contributed by atoms with Gasteiger partial charge in [-0.15, -0.1) is 0 Å². The molecule has 0 bridgehead atoms. The average molecular weight is 797 g/mol. The zero-order valence-electron chi connectivity index (χ0n) is 33.0. The average Bonchev–Trinajstić information content (AvgIpc) is 3.21. The van der Waals surface area contributed by atoms with E-state index in [0.29, 0.717) is 30.0 Å². The summed E-state index contributed by atoms with van der Waals surface area (Å²) in [6.45, 7) is 8.69. The quantitative estimate of drug-likeness (QED) is 0.0971. The van der Waals surface area contributed by atoms with Crippen LogP contribution in [0, 0.1) is 0 Å². The molecule has 0 heterocycles. The molecule has 0 radical (unpaired) electrons. The predicted molar refractivity (Wildman–Crippen MR) is 237 cm³/mol. The predicted octanol–water partition coefficient (Wildman–Crippen LogP) is 12.0. The Morgan fingerprint density at radius 2 is 0.912 bits per heavy atom. The molecule has 4 nitrogen and oxygen atoms in total. The fourth-order valence-corrected chi connectivity index (χ4v) is 6.68. The number of ketones is 3. The van der Waals surface area contributed by atoms with Crippen LogP contribution in [0.25, 0.3) is 0 Å². The fraction of sp³-hybridized carbons (Fsp3) is 0.196. The summed E-state index contributed by atoms with van der Waals surface area (Å²) in [6.07, 6.45) is 1.90. The lowest BCUT2D eigenvalue weighted by Crippen LogP contribution is -2.26. The summed E-state index contributed by atoms with van der Waals surface area (Å²) in [5.74, 6) is 0.163. The number of carbonyl (C=O) groups excluding carboxylic acids is 3. The molecule has 0 amide bonds. The summed E-state index contributed by atoms with van der Waals surface area (Å²) < 4.78 is 0. The van der Waals surface area contributed by atoms with Crippen LogP contribution in [-0.4, -0.2) is 35.8 Å². The molecule has 6 aromatic rings. The second-order valence-electron chi connectivity index (χ2n) is 14.2. The maximum absolute atomic E-state index is 13.4. The molecule has 0 aliphatic heterocycles. The normalized spacial score (nSPS) is 11.5. The highest BCUT2D eigenvalue weighted by Gasteiger charge is 2.24. The minimum Gasteiger partial charge on any atom is -0.300 e. The lowest BCUT2D eigenvalue weighted by Gasteiger charge is -2.22. The van der Waals surface area contributed by atoms with Gasteiger partial charge in [0, 0.05) is 41.0 Å². The zero-order valence-corrected chi connectivity index (χ0v) is 34.5. The molecule has 0 N–H and O–H groups in total. The summed E-state index contributed by atoms with van der Waals surface area (Å²) in [5, 5.41) is 1.42. The monoisotopic (exact) mass is 795 g/mol. The maximum atomic E-state index is 13.4. The van der Waals surface area contributed by atoms with Crippen LogP contribution in [0.1, 0.15) is 59.1 Å². The molecule has 0 saturated heterocycles. The van der Waals surface area contributed by atoms with Crippen LogP contribution in [0.5, 0.6) is 0 Å². The van der Waals surface area contributed by atoms with Gasteiger partial charge in [0.05, 0.1) is 5.92 Å². The van der Waals surface area contributed by atoms with Crippen molar-refractivity contribution in [3.05, 3.63) is 225 Å². The van der Waals surface area contributed by atoms with Crippen molar-refractivity contribution >= 4 is 40.6 Å². The van der Waals surface area contributed by atoms with Crippen molar-refractivity contribution < 1.29 is 14.4 Å². The third kappa shape index (κ3) is 15.9. The van der Waals surface area contributed by atoms with Gasteiger partial charge in [-0.3, -0.25) is 19.3 Å². The molecule has 2 atom stereocenters. The summed E-state index contributed by atoms with van der Waals surface area (Å²) >= 11 is 11.9. The first-order chi connectivity index (χ1) is 27.5. The van der Waals surface area contributed by atoms with E-state index in [2.05, 4.69) is 23.6 Å².